The van der Waals surface area contributed by atoms with E-state index in [1.54, 1.807) is 12.1 Å². The Kier molecular flexibility index (Phi) is 7.66. The average molecular weight is 538 g/mol. The SMILES string of the molecule is O=C([O-])c1cnn(-c2ccccc2)n1.c1cc[c]([Sn+]([c]2ccccc2)[c]2ccccc2)cc1. The molecule has 5 rings (SSSR count). The van der Waals surface area contributed by atoms with E-state index in [1.807, 2.05) is 18.2 Å². The number of carboxylic acids is 1. The fraction of sp³-hybridized carbons (Fsp3) is 0. The van der Waals surface area contributed by atoms with E-state index in [9.17, 15) is 9.90 Å². The molecule has 4 aromatic carbocycles. The van der Waals surface area contributed by atoms with Gasteiger partial charge in [0, 0.05) is 0 Å². The summed E-state index contributed by atoms with van der Waals surface area (Å²) in [5, 5.41) is 17.9. The summed E-state index contributed by atoms with van der Waals surface area (Å²) >= 11 is -1.98. The van der Waals surface area contributed by atoms with Crippen LogP contribution in [0.5, 0.6) is 0 Å². The van der Waals surface area contributed by atoms with Crippen LogP contribution in [0, 0.1) is 0 Å². The Hall–Kier alpha value is -3.71. The third kappa shape index (κ3) is 5.96. The Labute approximate surface area is 199 Å². The standard InChI is InChI=1S/C9H7N3O2.3C6H5.Sn/c13-9(14)8-6-10-12(11-8)7-4-2-1-3-5-7;3*1-2-4-6-5-3-1;/h1-6H,(H,13,14);3*1-5H;/q;;;;+1/p-1. The number of benzene rings is 4. The van der Waals surface area contributed by atoms with Crippen LogP contribution < -0.4 is 15.8 Å². The van der Waals surface area contributed by atoms with Crippen molar-refractivity contribution in [1.29, 1.82) is 0 Å². The molecular formula is C27H21N3O2Sn. The van der Waals surface area contributed by atoms with E-state index in [1.165, 1.54) is 15.5 Å². The topological polar surface area (TPSA) is 70.8 Å². The van der Waals surface area contributed by atoms with Crippen LogP contribution in [0.1, 0.15) is 10.5 Å². The number of carbonyl (C=O) groups is 1. The second-order valence-electron chi connectivity index (χ2n) is 7.12. The summed E-state index contributed by atoms with van der Waals surface area (Å²) in [5.74, 6) is -1.33. The van der Waals surface area contributed by atoms with Crippen LogP contribution in [-0.2, 0) is 0 Å². The van der Waals surface area contributed by atoms with Gasteiger partial charge in [0.05, 0.1) is 17.9 Å². The van der Waals surface area contributed by atoms with Crippen LogP contribution in [0.25, 0.3) is 5.69 Å². The van der Waals surface area contributed by atoms with Crippen molar-refractivity contribution < 1.29 is 9.90 Å². The van der Waals surface area contributed by atoms with Gasteiger partial charge in [-0.1, -0.05) is 18.2 Å². The number of carbonyl (C=O) groups excluding carboxylic acids is 1. The first-order chi connectivity index (χ1) is 16.2. The minimum atomic E-state index is -1.98. The molecule has 6 heteroatoms. The molecule has 33 heavy (non-hydrogen) atoms. The molecule has 1 heterocycles. The molecule has 5 nitrogen and oxygen atoms in total. The number of aromatic nitrogens is 3. The van der Waals surface area contributed by atoms with E-state index in [0.717, 1.165) is 6.20 Å². The molecule has 1 aromatic heterocycles. The maximum absolute atomic E-state index is 10.4. The number of carboxylic acid groups (broad SMARTS) is 1. The summed E-state index contributed by atoms with van der Waals surface area (Å²) in [6.45, 7) is 0. The van der Waals surface area contributed by atoms with E-state index in [0.29, 0.717) is 5.69 Å². The minimum absolute atomic E-state index is 0.172. The quantitative estimate of drug-likeness (QED) is 0.321. The van der Waals surface area contributed by atoms with Crippen LogP contribution in [0.15, 0.2) is 128 Å². The zero-order valence-corrected chi connectivity index (χ0v) is 20.6. The number of rotatable bonds is 5. The van der Waals surface area contributed by atoms with Crippen LogP contribution in [0.2, 0.25) is 0 Å². The molecule has 0 fully saturated rings. The second kappa shape index (κ2) is 11.2. The van der Waals surface area contributed by atoms with Gasteiger partial charge in [0.15, 0.2) is 0 Å². The van der Waals surface area contributed by atoms with Crippen molar-refractivity contribution in [2.45, 2.75) is 0 Å². The number of hydrogen-bond donors (Lipinski definition) is 0. The summed E-state index contributed by atoms with van der Waals surface area (Å²) in [6.07, 6.45) is 1.16. The molecule has 0 saturated carbocycles. The van der Waals surface area contributed by atoms with Crippen LogP contribution in [0.4, 0.5) is 0 Å². The molecule has 0 aliphatic heterocycles. The van der Waals surface area contributed by atoms with Gasteiger partial charge in [0.2, 0.25) is 0 Å². The summed E-state index contributed by atoms with van der Waals surface area (Å²) in [7, 11) is 0. The molecule has 0 aliphatic rings. The Morgan fingerprint density at radius 2 is 1.03 bits per heavy atom. The maximum atomic E-state index is 10.4. The molecule has 0 bridgehead atoms. The summed E-state index contributed by atoms with van der Waals surface area (Å²) < 4.78 is 4.59. The fourth-order valence-electron chi connectivity index (χ4n) is 3.36. The second-order valence-corrected chi connectivity index (χ2v) is 14.2. The van der Waals surface area contributed by atoms with Gasteiger partial charge in [0.25, 0.3) is 0 Å². The fourth-order valence-corrected chi connectivity index (χ4v) is 10.7. The van der Waals surface area contributed by atoms with Crippen molar-refractivity contribution in [2.75, 3.05) is 0 Å². The van der Waals surface area contributed by atoms with Gasteiger partial charge in [-0.3, -0.25) is 0 Å². The van der Waals surface area contributed by atoms with Gasteiger partial charge in [0.1, 0.15) is 5.69 Å². The van der Waals surface area contributed by atoms with Gasteiger partial charge in [-0.2, -0.15) is 9.90 Å². The molecule has 5 aromatic rings. The average Bonchev–Trinajstić information content (AvgIpc) is 3.38. The number of nitrogens with zero attached hydrogens (tertiary/aromatic N) is 3. The van der Waals surface area contributed by atoms with Gasteiger partial charge in [-0.05, 0) is 12.1 Å². The van der Waals surface area contributed by atoms with E-state index in [-0.39, 0.29) is 5.69 Å². The molecule has 0 atom stereocenters. The molecular weight excluding hydrogens is 517 g/mol. The summed E-state index contributed by atoms with van der Waals surface area (Å²) in [4.78, 5) is 11.7. The van der Waals surface area contributed by atoms with Gasteiger partial charge >= 0.3 is 121 Å². The van der Waals surface area contributed by atoms with Crippen LogP contribution >= 0.6 is 0 Å². The van der Waals surface area contributed by atoms with Crippen molar-refractivity contribution in [3.8, 4) is 5.69 Å². The van der Waals surface area contributed by atoms with Crippen LogP contribution in [-0.4, -0.2) is 40.7 Å². The zero-order valence-electron chi connectivity index (χ0n) is 17.8. The third-order valence-electron chi connectivity index (χ3n) is 4.88. The zero-order chi connectivity index (χ0) is 22.9. The molecule has 0 radical (unpaired) electrons. The number of aromatic carboxylic acids is 1. The predicted octanol–water partition coefficient (Wildman–Crippen LogP) is 1.83. The van der Waals surface area contributed by atoms with Gasteiger partial charge in [-0.25, -0.2) is 0 Å². The molecule has 0 N–H and O–H groups in total. The molecule has 0 amide bonds. The third-order valence-corrected chi connectivity index (χ3v) is 12.7. The van der Waals surface area contributed by atoms with Crippen molar-refractivity contribution >= 4 is 36.5 Å². The molecule has 0 saturated heterocycles. The van der Waals surface area contributed by atoms with E-state index < -0.39 is 25.7 Å². The van der Waals surface area contributed by atoms with E-state index >= 15 is 0 Å². The first-order valence-electron chi connectivity index (χ1n) is 10.4. The summed E-state index contributed by atoms with van der Waals surface area (Å²) in [6, 6.07) is 42.0. The molecule has 160 valence electrons. The molecule has 0 aliphatic carbocycles. The number of hydrogen-bond acceptors (Lipinski definition) is 4. The van der Waals surface area contributed by atoms with Crippen molar-refractivity contribution in [3.05, 3.63) is 133 Å². The summed E-state index contributed by atoms with van der Waals surface area (Å²) in [5.41, 5.74) is 0.536. The van der Waals surface area contributed by atoms with Crippen LogP contribution in [0.3, 0.4) is 0 Å². The number of para-hydroxylation sites is 1. The van der Waals surface area contributed by atoms with Crippen molar-refractivity contribution in [1.82, 2.24) is 15.0 Å². The normalized spacial score (nSPS) is 10.1. The van der Waals surface area contributed by atoms with E-state index in [4.69, 9.17) is 0 Å². The monoisotopic (exact) mass is 539 g/mol. The van der Waals surface area contributed by atoms with Gasteiger partial charge in [-0.15, -0.1) is 5.10 Å². The Morgan fingerprint density at radius 1 is 0.636 bits per heavy atom. The van der Waals surface area contributed by atoms with E-state index in [2.05, 4.69) is 101 Å². The predicted molar refractivity (Wildman–Crippen MR) is 130 cm³/mol. The van der Waals surface area contributed by atoms with Gasteiger partial charge < -0.3 is 9.90 Å². The Bertz CT molecular complexity index is 1180. The first kappa shape index (κ1) is 22.5. The molecule has 0 unspecified atom stereocenters. The van der Waals surface area contributed by atoms with Crippen molar-refractivity contribution in [2.24, 2.45) is 0 Å². The Morgan fingerprint density at radius 3 is 1.39 bits per heavy atom. The first-order valence-corrected chi connectivity index (χ1v) is 14.7. The Balaban J connectivity index is 0.000000165. The van der Waals surface area contributed by atoms with Crippen molar-refractivity contribution in [3.63, 3.8) is 0 Å². The molecule has 0 spiro atoms.